The van der Waals surface area contributed by atoms with Crippen molar-refractivity contribution in [2.24, 2.45) is 0 Å². The summed E-state index contributed by atoms with van der Waals surface area (Å²) < 4.78 is 6.08. The quantitative estimate of drug-likeness (QED) is 0.577. The Bertz CT molecular complexity index is 865. The summed E-state index contributed by atoms with van der Waals surface area (Å²) in [6, 6.07) is 14.1. The molecule has 0 N–H and O–H groups in total. The first-order valence-corrected chi connectivity index (χ1v) is 9.77. The van der Waals surface area contributed by atoms with E-state index in [0.29, 0.717) is 5.02 Å². The number of rotatable bonds is 3. The number of ketones is 1. The van der Waals surface area contributed by atoms with Crippen LogP contribution in [0.3, 0.4) is 0 Å². The van der Waals surface area contributed by atoms with Gasteiger partial charge in [-0.15, -0.1) is 0 Å². The Morgan fingerprint density at radius 1 is 1.00 bits per heavy atom. The van der Waals surface area contributed by atoms with Gasteiger partial charge in [0.15, 0.2) is 5.78 Å². The number of hydrogen-bond acceptors (Lipinski definition) is 2. The lowest BCUT2D eigenvalue weighted by atomic mass is 9.71. The molecule has 0 amide bonds. The first-order valence-electron chi connectivity index (χ1n) is 9.39. The molecule has 1 unspecified atom stereocenters. The van der Waals surface area contributed by atoms with E-state index in [1.54, 1.807) is 0 Å². The number of Topliss-reactive ketones (excluding diaryl/α,β-unsaturated/α-hetero) is 1. The van der Waals surface area contributed by atoms with E-state index in [-0.39, 0.29) is 11.7 Å². The molecule has 1 aliphatic rings. The van der Waals surface area contributed by atoms with Crippen LogP contribution in [-0.4, -0.2) is 17.0 Å². The number of aryl methyl sites for hydroxylation is 1. The summed E-state index contributed by atoms with van der Waals surface area (Å²) in [7, 11) is 0. The van der Waals surface area contributed by atoms with Crippen LogP contribution in [0.25, 0.3) is 11.1 Å². The van der Waals surface area contributed by atoms with Crippen LogP contribution in [0.15, 0.2) is 54.6 Å². The monoisotopic (exact) mass is 382 g/mol. The van der Waals surface area contributed by atoms with Gasteiger partial charge in [0.1, 0.15) is 5.60 Å². The van der Waals surface area contributed by atoms with Gasteiger partial charge in [-0.05, 0) is 80.1 Å². The van der Waals surface area contributed by atoms with Crippen molar-refractivity contribution in [3.8, 4) is 11.1 Å². The van der Waals surface area contributed by atoms with Crippen LogP contribution in [0.2, 0.25) is 5.02 Å². The van der Waals surface area contributed by atoms with E-state index >= 15 is 0 Å². The molecule has 1 aliphatic heterocycles. The summed E-state index contributed by atoms with van der Waals surface area (Å²) in [4.78, 5) is 13.3. The number of hydrogen-bond donors (Lipinski definition) is 0. The second-order valence-electron chi connectivity index (χ2n) is 8.22. The van der Waals surface area contributed by atoms with Crippen LogP contribution in [0.5, 0.6) is 0 Å². The zero-order valence-corrected chi connectivity index (χ0v) is 17.5. The van der Waals surface area contributed by atoms with E-state index in [1.165, 1.54) is 5.56 Å². The van der Waals surface area contributed by atoms with E-state index in [9.17, 15) is 4.79 Å². The highest BCUT2D eigenvalue weighted by atomic mass is 35.5. The second-order valence-corrected chi connectivity index (χ2v) is 8.66. The maximum absolute atomic E-state index is 13.3. The average Bonchev–Trinajstić information content (AvgIpc) is 2.60. The summed E-state index contributed by atoms with van der Waals surface area (Å²) in [5.41, 5.74) is 3.74. The van der Waals surface area contributed by atoms with Gasteiger partial charge >= 0.3 is 0 Å². The number of carbonyl (C=O) groups excluding carboxylic acids is 1. The Kier molecular flexibility index (Phi) is 5.09. The number of ether oxygens (including phenoxy) is 1. The summed E-state index contributed by atoms with van der Waals surface area (Å²) in [5, 5.41) is 0.709. The van der Waals surface area contributed by atoms with Gasteiger partial charge in [-0.25, -0.2) is 0 Å². The fourth-order valence-electron chi connectivity index (χ4n) is 3.94. The smallest absolute Gasteiger partial charge is 0.175 e. The molecule has 142 valence electrons. The Labute approximate surface area is 167 Å². The van der Waals surface area contributed by atoms with E-state index in [1.807, 2.05) is 52.0 Å². The van der Waals surface area contributed by atoms with Crippen molar-refractivity contribution in [2.75, 3.05) is 0 Å². The van der Waals surface area contributed by atoms with Gasteiger partial charge in [0, 0.05) is 5.02 Å². The number of benzene rings is 2. The van der Waals surface area contributed by atoms with Gasteiger partial charge in [-0.2, -0.15) is 0 Å². The fraction of sp³-hybridized carbons (Fsp3) is 0.375. The zero-order valence-electron chi connectivity index (χ0n) is 16.7. The van der Waals surface area contributed by atoms with Crippen molar-refractivity contribution in [2.45, 2.75) is 58.2 Å². The van der Waals surface area contributed by atoms with Crippen molar-refractivity contribution in [3.63, 3.8) is 0 Å². The highest BCUT2D eigenvalue weighted by molar-refractivity contribution is 6.30. The van der Waals surface area contributed by atoms with E-state index < -0.39 is 11.2 Å². The summed E-state index contributed by atoms with van der Waals surface area (Å²) >= 11 is 6.03. The topological polar surface area (TPSA) is 26.3 Å². The molecule has 1 atom stereocenters. The molecule has 0 spiro atoms. The molecule has 0 aromatic heterocycles. The minimum atomic E-state index is -0.851. The molecule has 2 nitrogen and oxygen atoms in total. The van der Waals surface area contributed by atoms with Crippen molar-refractivity contribution >= 4 is 17.4 Å². The maximum atomic E-state index is 13.3. The van der Waals surface area contributed by atoms with Gasteiger partial charge in [0.25, 0.3) is 0 Å². The Morgan fingerprint density at radius 3 is 2.19 bits per heavy atom. The Balaban J connectivity index is 2.16. The molecule has 1 saturated heterocycles. The Hall–Kier alpha value is -1.90. The lowest BCUT2D eigenvalue weighted by Crippen LogP contribution is -2.53. The number of carbonyl (C=O) groups is 1. The standard InChI is InChI=1S/C24H27ClO2/c1-7-16-8-9-18(17-10-12-19(25)13-11-17)14-20(16)21-15(2)23(3,4)27-24(5,6)22(21)26/h8-14,21H,2,7H2,1,3-6H3. The van der Waals surface area contributed by atoms with Gasteiger partial charge in [0.2, 0.25) is 0 Å². The highest BCUT2D eigenvalue weighted by Crippen LogP contribution is 2.45. The van der Waals surface area contributed by atoms with Crippen molar-refractivity contribution in [1.82, 2.24) is 0 Å². The molecular formula is C24H27ClO2. The molecular weight excluding hydrogens is 356 g/mol. The average molecular weight is 383 g/mol. The summed E-state index contributed by atoms with van der Waals surface area (Å²) in [6.07, 6.45) is 0.856. The molecule has 3 heteroatoms. The molecule has 0 saturated carbocycles. The summed E-state index contributed by atoms with van der Waals surface area (Å²) in [5.74, 6) is -0.305. The third kappa shape index (κ3) is 3.61. The van der Waals surface area contributed by atoms with E-state index in [0.717, 1.165) is 28.7 Å². The number of halogens is 1. The minimum absolute atomic E-state index is 0.0646. The normalized spacial score (nSPS) is 21.3. The molecule has 0 aliphatic carbocycles. The molecule has 2 aromatic carbocycles. The molecule has 1 fully saturated rings. The lowest BCUT2D eigenvalue weighted by Gasteiger charge is -2.46. The second kappa shape index (κ2) is 6.92. The molecule has 0 bridgehead atoms. The molecule has 27 heavy (non-hydrogen) atoms. The highest BCUT2D eigenvalue weighted by Gasteiger charge is 2.49. The van der Waals surface area contributed by atoms with Gasteiger partial charge < -0.3 is 4.74 Å². The molecule has 0 radical (unpaired) electrons. The van der Waals surface area contributed by atoms with Crippen molar-refractivity contribution in [1.29, 1.82) is 0 Å². The van der Waals surface area contributed by atoms with Gasteiger partial charge in [-0.1, -0.05) is 49.4 Å². The maximum Gasteiger partial charge on any atom is 0.175 e. The van der Waals surface area contributed by atoms with Crippen LogP contribution >= 0.6 is 11.6 Å². The van der Waals surface area contributed by atoms with Crippen molar-refractivity contribution < 1.29 is 9.53 Å². The van der Waals surface area contributed by atoms with Gasteiger partial charge in [0.05, 0.1) is 11.5 Å². The fourth-order valence-corrected chi connectivity index (χ4v) is 4.07. The predicted molar refractivity (Wildman–Crippen MR) is 112 cm³/mol. The predicted octanol–water partition coefficient (Wildman–Crippen LogP) is 6.37. The summed E-state index contributed by atoms with van der Waals surface area (Å²) in [6.45, 7) is 14.1. The first kappa shape index (κ1) is 19.9. The van der Waals surface area contributed by atoms with E-state index in [2.05, 4.69) is 31.7 Å². The molecule has 1 heterocycles. The van der Waals surface area contributed by atoms with Gasteiger partial charge in [-0.3, -0.25) is 4.79 Å². The van der Waals surface area contributed by atoms with Crippen LogP contribution < -0.4 is 0 Å². The van der Waals surface area contributed by atoms with Crippen LogP contribution in [-0.2, 0) is 16.0 Å². The largest absolute Gasteiger partial charge is 0.358 e. The minimum Gasteiger partial charge on any atom is -0.358 e. The first-order chi connectivity index (χ1) is 12.6. The van der Waals surface area contributed by atoms with Crippen molar-refractivity contribution in [3.05, 3.63) is 70.8 Å². The Morgan fingerprint density at radius 2 is 1.59 bits per heavy atom. The SMILES string of the molecule is C=C1C(c2cc(-c3ccc(Cl)cc3)ccc2CC)C(=O)C(C)(C)OC1(C)C. The van der Waals surface area contributed by atoms with Crippen LogP contribution in [0.1, 0.15) is 51.7 Å². The van der Waals surface area contributed by atoms with Crippen LogP contribution in [0.4, 0.5) is 0 Å². The lowest BCUT2D eigenvalue weighted by molar-refractivity contribution is -0.165. The molecule has 2 aromatic rings. The third-order valence-corrected chi connectivity index (χ3v) is 5.75. The molecule has 3 rings (SSSR count). The zero-order chi connectivity index (χ0) is 20.0. The third-order valence-electron chi connectivity index (χ3n) is 5.50. The van der Waals surface area contributed by atoms with Crippen LogP contribution in [0, 0.1) is 0 Å². The van der Waals surface area contributed by atoms with E-state index in [4.69, 9.17) is 16.3 Å².